The van der Waals surface area contributed by atoms with Gasteiger partial charge in [-0.25, -0.2) is 0 Å². The van der Waals surface area contributed by atoms with Crippen LogP contribution in [-0.2, 0) is 16.1 Å². The molecule has 0 saturated carbocycles. The standard InChI is InChI=1S/C26H28N4O4S/c1-35-15-12-23(30-24(31)18-34-22-8-3-2-4-9-22)26(33)28-17-19-6-5-7-21(16-19)29-25(32)20-10-13-27-14-11-20/h2-11,13-14,16,23H,12,15,17-18H2,1H3,(H,28,33)(H,29,32)(H,30,31). The number of carbonyl (C=O) groups excluding carboxylic acids is 3. The van der Waals surface area contributed by atoms with Gasteiger partial charge in [-0.15, -0.1) is 0 Å². The number of thioether (sulfide) groups is 1. The Morgan fingerprint density at radius 1 is 1.00 bits per heavy atom. The molecule has 3 N–H and O–H groups in total. The van der Waals surface area contributed by atoms with Crippen molar-refractivity contribution in [3.8, 4) is 5.75 Å². The Balaban J connectivity index is 1.53. The molecule has 0 radical (unpaired) electrons. The van der Waals surface area contributed by atoms with Gasteiger partial charge in [0.15, 0.2) is 6.61 Å². The third kappa shape index (κ3) is 8.78. The number of nitrogens with one attached hydrogen (secondary N) is 3. The smallest absolute Gasteiger partial charge is 0.258 e. The molecule has 1 unspecified atom stereocenters. The summed E-state index contributed by atoms with van der Waals surface area (Å²) >= 11 is 1.60. The predicted octanol–water partition coefficient (Wildman–Crippen LogP) is 3.27. The van der Waals surface area contributed by atoms with Crippen molar-refractivity contribution in [3.63, 3.8) is 0 Å². The van der Waals surface area contributed by atoms with Crippen LogP contribution in [0.4, 0.5) is 5.69 Å². The van der Waals surface area contributed by atoms with Gasteiger partial charge in [-0.3, -0.25) is 19.4 Å². The number of benzene rings is 2. The van der Waals surface area contributed by atoms with E-state index in [0.717, 1.165) is 5.56 Å². The average molecular weight is 493 g/mol. The van der Waals surface area contributed by atoms with Crippen LogP contribution in [0.5, 0.6) is 5.75 Å². The van der Waals surface area contributed by atoms with Gasteiger partial charge in [-0.2, -0.15) is 11.8 Å². The molecule has 0 saturated heterocycles. The number of hydrogen-bond donors (Lipinski definition) is 3. The summed E-state index contributed by atoms with van der Waals surface area (Å²) in [4.78, 5) is 41.5. The maximum atomic E-state index is 12.8. The zero-order valence-electron chi connectivity index (χ0n) is 19.4. The Kier molecular flexibility index (Phi) is 10.1. The van der Waals surface area contributed by atoms with Gasteiger partial charge < -0.3 is 20.7 Å². The van der Waals surface area contributed by atoms with Gasteiger partial charge in [0.05, 0.1) is 0 Å². The van der Waals surface area contributed by atoms with Crippen molar-refractivity contribution in [2.24, 2.45) is 0 Å². The fourth-order valence-electron chi connectivity index (χ4n) is 3.18. The topological polar surface area (TPSA) is 109 Å². The monoisotopic (exact) mass is 492 g/mol. The van der Waals surface area contributed by atoms with E-state index >= 15 is 0 Å². The molecule has 0 bridgehead atoms. The fourth-order valence-corrected chi connectivity index (χ4v) is 3.66. The van der Waals surface area contributed by atoms with Crippen LogP contribution in [0, 0.1) is 0 Å². The lowest BCUT2D eigenvalue weighted by molar-refractivity contribution is -0.130. The molecule has 8 nitrogen and oxygen atoms in total. The van der Waals surface area contributed by atoms with E-state index in [-0.39, 0.29) is 30.9 Å². The molecule has 35 heavy (non-hydrogen) atoms. The van der Waals surface area contributed by atoms with Gasteiger partial charge in [-0.05, 0) is 60.4 Å². The highest BCUT2D eigenvalue weighted by Crippen LogP contribution is 2.13. The van der Waals surface area contributed by atoms with Gasteiger partial charge in [0, 0.05) is 30.2 Å². The number of carbonyl (C=O) groups is 3. The zero-order chi connectivity index (χ0) is 24.9. The first-order valence-corrected chi connectivity index (χ1v) is 12.5. The van der Waals surface area contributed by atoms with E-state index < -0.39 is 6.04 Å². The van der Waals surface area contributed by atoms with Crippen molar-refractivity contribution in [2.45, 2.75) is 19.0 Å². The predicted molar refractivity (Wildman–Crippen MR) is 137 cm³/mol. The molecule has 3 rings (SSSR count). The largest absolute Gasteiger partial charge is 0.484 e. The van der Waals surface area contributed by atoms with Crippen molar-refractivity contribution < 1.29 is 19.1 Å². The van der Waals surface area contributed by atoms with Crippen LogP contribution in [0.1, 0.15) is 22.3 Å². The summed E-state index contributed by atoms with van der Waals surface area (Å²) in [6.45, 7) is 0.0796. The molecule has 1 heterocycles. The molecule has 0 spiro atoms. The highest BCUT2D eigenvalue weighted by atomic mass is 32.2. The summed E-state index contributed by atoms with van der Waals surface area (Å²) in [5.74, 6) is 0.415. The maximum absolute atomic E-state index is 12.8. The molecule has 3 aromatic rings. The quantitative estimate of drug-likeness (QED) is 0.358. The molecule has 1 atom stereocenters. The van der Waals surface area contributed by atoms with E-state index in [9.17, 15) is 14.4 Å². The van der Waals surface area contributed by atoms with Gasteiger partial charge in [0.1, 0.15) is 11.8 Å². The number of para-hydroxylation sites is 1. The van der Waals surface area contributed by atoms with Crippen LogP contribution in [0.15, 0.2) is 79.1 Å². The van der Waals surface area contributed by atoms with E-state index in [4.69, 9.17) is 4.74 Å². The summed E-state index contributed by atoms with van der Waals surface area (Å²) in [6, 6.07) is 18.8. The summed E-state index contributed by atoms with van der Waals surface area (Å²) in [6.07, 6.45) is 5.55. The van der Waals surface area contributed by atoms with Gasteiger partial charge in [0.2, 0.25) is 5.91 Å². The number of rotatable bonds is 12. The van der Waals surface area contributed by atoms with Crippen molar-refractivity contribution >= 4 is 35.2 Å². The van der Waals surface area contributed by atoms with E-state index in [1.54, 1.807) is 66.6 Å². The van der Waals surface area contributed by atoms with Gasteiger partial charge >= 0.3 is 0 Å². The third-order valence-corrected chi connectivity index (χ3v) is 5.61. The Morgan fingerprint density at radius 2 is 1.77 bits per heavy atom. The van der Waals surface area contributed by atoms with Crippen LogP contribution in [0.25, 0.3) is 0 Å². The summed E-state index contributed by atoms with van der Waals surface area (Å²) < 4.78 is 5.47. The van der Waals surface area contributed by atoms with Crippen molar-refractivity contribution in [3.05, 3.63) is 90.3 Å². The first-order valence-electron chi connectivity index (χ1n) is 11.1. The lowest BCUT2D eigenvalue weighted by Crippen LogP contribution is -2.48. The van der Waals surface area contributed by atoms with Crippen LogP contribution in [-0.4, -0.2) is 47.4 Å². The molecule has 0 aliphatic carbocycles. The first kappa shape index (κ1) is 25.8. The molecule has 0 aliphatic heterocycles. The normalized spacial score (nSPS) is 11.2. The summed E-state index contributed by atoms with van der Waals surface area (Å²) in [5.41, 5.74) is 1.93. The van der Waals surface area contributed by atoms with Crippen molar-refractivity contribution in [2.75, 3.05) is 23.9 Å². The minimum Gasteiger partial charge on any atom is -0.484 e. The summed E-state index contributed by atoms with van der Waals surface area (Å²) in [5, 5.41) is 8.47. The fraction of sp³-hybridized carbons (Fsp3) is 0.231. The van der Waals surface area contributed by atoms with Crippen LogP contribution < -0.4 is 20.7 Å². The van der Waals surface area contributed by atoms with E-state index in [2.05, 4.69) is 20.9 Å². The molecular weight excluding hydrogens is 464 g/mol. The molecule has 0 fully saturated rings. The first-order chi connectivity index (χ1) is 17.0. The number of amides is 3. The van der Waals surface area contributed by atoms with E-state index in [0.29, 0.717) is 29.2 Å². The minimum absolute atomic E-state index is 0.174. The molecule has 2 aromatic carbocycles. The molecule has 0 aliphatic rings. The number of anilines is 1. The highest BCUT2D eigenvalue weighted by Gasteiger charge is 2.20. The zero-order valence-corrected chi connectivity index (χ0v) is 20.2. The Bertz CT molecular complexity index is 1110. The molecule has 182 valence electrons. The Hall–Kier alpha value is -3.85. The Morgan fingerprint density at radius 3 is 2.51 bits per heavy atom. The number of hydrogen-bond acceptors (Lipinski definition) is 6. The molecule has 9 heteroatoms. The highest BCUT2D eigenvalue weighted by molar-refractivity contribution is 7.98. The molecular formula is C26H28N4O4S. The average Bonchev–Trinajstić information content (AvgIpc) is 2.89. The van der Waals surface area contributed by atoms with E-state index in [1.165, 1.54) is 0 Å². The second-order valence-corrected chi connectivity index (χ2v) is 8.60. The number of ether oxygens (including phenoxy) is 1. The SMILES string of the molecule is CSCCC(NC(=O)COc1ccccc1)C(=O)NCc1cccc(NC(=O)c2ccncc2)c1. The third-order valence-electron chi connectivity index (χ3n) is 4.97. The van der Waals surface area contributed by atoms with E-state index in [1.807, 2.05) is 30.5 Å². The van der Waals surface area contributed by atoms with Crippen LogP contribution in [0.3, 0.4) is 0 Å². The number of nitrogens with zero attached hydrogens (tertiary/aromatic N) is 1. The van der Waals surface area contributed by atoms with Gasteiger partial charge in [0.25, 0.3) is 11.8 Å². The number of aromatic nitrogens is 1. The van der Waals surface area contributed by atoms with Gasteiger partial charge in [-0.1, -0.05) is 30.3 Å². The number of pyridine rings is 1. The Labute approximate surface area is 208 Å². The molecule has 3 amide bonds. The minimum atomic E-state index is -0.677. The second kappa shape index (κ2) is 13.8. The van der Waals surface area contributed by atoms with Crippen molar-refractivity contribution in [1.82, 2.24) is 15.6 Å². The van der Waals surface area contributed by atoms with Crippen LogP contribution >= 0.6 is 11.8 Å². The van der Waals surface area contributed by atoms with Crippen LogP contribution in [0.2, 0.25) is 0 Å². The molecule has 1 aromatic heterocycles. The maximum Gasteiger partial charge on any atom is 0.258 e. The lowest BCUT2D eigenvalue weighted by atomic mass is 10.1. The summed E-state index contributed by atoms with van der Waals surface area (Å²) in [7, 11) is 0. The van der Waals surface area contributed by atoms with Crippen molar-refractivity contribution in [1.29, 1.82) is 0 Å². The second-order valence-electron chi connectivity index (χ2n) is 7.61. The lowest BCUT2D eigenvalue weighted by Gasteiger charge is -2.18.